The summed E-state index contributed by atoms with van der Waals surface area (Å²) in [6.07, 6.45) is 0. The number of carbonyl (C=O) groups is 2. The van der Waals surface area contributed by atoms with E-state index in [9.17, 15) is 9.59 Å². The zero-order valence-corrected chi connectivity index (χ0v) is 17.6. The fraction of sp³-hybridized carbons (Fsp3) is 0.125. The summed E-state index contributed by atoms with van der Waals surface area (Å²) in [7, 11) is 1.96. The topological polar surface area (TPSA) is 76.0 Å². The highest BCUT2D eigenvalue weighted by molar-refractivity contribution is 8.00. The molecular formula is C24H20N4O2S. The second kappa shape index (κ2) is 7.92. The van der Waals surface area contributed by atoms with Crippen molar-refractivity contribution in [3.8, 4) is 0 Å². The Hall–Kier alpha value is -3.58. The lowest BCUT2D eigenvalue weighted by Gasteiger charge is -2.21. The van der Waals surface area contributed by atoms with Gasteiger partial charge in [-0.05, 0) is 35.9 Å². The van der Waals surface area contributed by atoms with Gasteiger partial charge in [-0.3, -0.25) is 9.59 Å². The van der Waals surface area contributed by atoms with Gasteiger partial charge in [-0.15, -0.1) is 11.8 Å². The number of nitrogens with one attached hydrogen (secondary N) is 2. The monoisotopic (exact) mass is 428 g/mol. The number of amides is 2. The Morgan fingerprint density at radius 1 is 1.10 bits per heavy atom. The maximum Gasteiger partial charge on any atom is 0.252 e. The smallest absolute Gasteiger partial charge is 0.252 e. The van der Waals surface area contributed by atoms with Gasteiger partial charge in [-0.1, -0.05) is 42.5 Å². The number of carbonyl (C=O) groups excluding carboxylic acids is 2. The quantitative estimate of drug-likeness (QED) is 0.512. The molecule has 1 aromatic heterocycles. The van der Waals surface area contributed by atoms with Gasteiger partial charge in [-0.2, -0.15) is 0 Å². The highest BCUT2D eigenvalue weighted by Gasteiger charge is 2.24. The second-order valence-corrected chi connectivity index (χ2v) is 8.40. The Bertz CT molecular complexity index is 1300. The molecule has 0 radical (unpaired) electrons. The van der Waals surface area contributed by atoms with Crippen LogP contribution in [-0.4, -0.2) is 27.1 Å². The molecule has 1 aliphatic rings. The molecule has 1 unspecified atom stereocenters. The Kier molecular flexibility index (Phi) is 4.95. The van der Waals surface area contributed by atoms with Gasteiger partial charge in [0.2, 0.25) is 5.91 Å². The van der Waals surface area contributed by atoms with E-state index < -0.39 is 6.04 Å². The molecule has 4 aromatic rings. The van der Waals surface area contributed by atoms with Crippen LogP contribution in [0.15, 0.2) is 77.7 Å². The fourth-order valence-corrected chi connectivity index (χ4v) is 4.59. The van der Waals surface area contributed by atoms with E-state index >= 15 is 0 Å². The van der Waals surface area contributed by atoms with Crippen LogP contribution < -0.4 is 10.6 Å². The van der Waals surface area contributed by atoms with Crippen molar-refractivity contribution >= 4 is 40.3 Å². The number of thioether (sulfide) groups is 1. The van der Waals surface area contributed by atoms with Crippen LogP contribution in [0.5, 0.6) is 0 Å². The lowest BCUT2D eigenvalue weighted by atomic mass is 10.1. The molecule has 2 amide bonds. The lowest BCUT2D eigenvalue weighted by Crippen LogP contribution is -2.31. The predicted octanol–water partition coefficient (Wildman–Crippen LogP) is 4.14. The summed E-state index contributed by atoms with van der Waals surface area (Å²) in [6.45, 7) is 0. The van der Waals surface area contributed by atoms with Crippen molar-refractivity contribution in [2.24, 2.45) is 7.05 Å². The number of anilines is 1. The molecule has 0 aliphatic carbocycles. The first-order valence-electron chi connectivity index (χ1n) is 9.94. The molecular weight excluding hydrogens is 408 g/mol. The molecule has 31 heavy (non-hydrogen) atoms. The number of fused-ring (bicyclic) bond motifs is 2. The van der Waals surface area contributed by atoms with Crippen LogP contribution >= 0.6 is 11.8 Å². The Morgan fingerprint density at radius 2 is 1.87 bits per heavy atom. The number of aromatic nitrogens is 2. The van der Waals surface area contributed by atoms with E-state index in [4.69, 9.17) is 4.98 Å². The first-order chi connectivity index (χ1) is 15.1. The van der Waals surface area contributed by atoms with Gasteiger partial charge in [0.15, 0.2) is 0 Å². The summed E-state index contributed by atoms with van der Waals surface area (Å²) in [4.78, 5) is 30.7. The molecule has 1 aliphatic heterocycles. The molecule has 0 bridgehead atoms. The molecule has 2 heterocycles. The zero-order chi connectivity index (χ0) is 21.4. The van der Waals surface area contributed by atoms with Crippen LogP contribution in [0.2, 0.25) is 0 Å². The summed E-state index contributed by atoms with van der Waals surface area (Å²) < 4.78 is 2.01. The summed E-state index contributed by atoms with van der Waals surface area (Å²) in [5.41, 5.74) is 3.98. The molecule has 1 atom stereocenters. The molecule has 5 rings (SSSR count). The normalized spacial score (nSPS) is 14.0. The van der Waals surface area contributed by atoms with Gasteiger partial charge in [0.05, 0.1) is 22.5 Å². The number of hydrogen-bond donors (Lipinski definition) is 2. The SMILES string of the molecule is Cn1c(C(NC(=O)c2ccc3c(c2)NC(=O)CS3)c2ccccc2)nc2ccccc21. The van der Waals surface area contributed by atoms with E-state index in [-0.39, 0.29) is 11.8 Å². The molecule has 6 nitrogen and oxygen atoms in total. The average molecular weight is 429 g/mol. The van der Waals surface area contributed by atoms with Crippen LogP contribution in [0.1, 0.15) is 27.8 Å². The molecule has 0 saturated heterocycles. The standard InChI is InChI=1S/C24H20N4O2S/c1-28-19-10-6-5-9-17(19)26-23(28)22(15-7-3-2-4-8-15)27-24(30)16-11-12-20-18(13-16)25-21(29)14-31-20/h2-13,22H,14H2,1H3,(H,25,29)(H,27,30). The van der Waals surface area contributed by atoms with Crippen molar-refractivity contribution in [3.63, 3.8) is 0 Å². The van der Waals surface area contributed by atoms with Crippen molar-refractivity contribution in [2.45, 2.75) is 10.9 Å². The van der Waals surface area contributed by atoms with Crippen molar-refractivity contribution in [1.82, 2.24) is 14.9 Å². The van der Waals surface area contributed by atoms with Crippen LogP contribution in [0.25, 0.3) is 11.0 Å². The van der Waals surface area contributed by atoms with Gasteiger partial charge in [0.25, 0.3) is 5.91 Å². The molecule has 7 heteroatoms. The van der Waals surface area contributed by atoms with E-state index in [0.717, 1.165) is 27.3 Å². The van der Waals surface area contributed by atoms with E-state index in [1.54, 1.807) is 12.1 Å². The molecule has 154 valence electrons. The maximum absolute atomic E-state index is 13.2. The number of para-hydroxylation sites is 2. The fourth-order valence-electron chi connectivity index (χ4n) is 3.80. The Labute approximate surface area is 183 Å². The van der Waals surface area contributed by atoms with Crippen LogP contribution in [0.3, 0.4) is 0 Å². The van der Waals surface area contributed by atoms with Crippen molar-refractivity contribution < 1.29 is 9.59 Å². The summed E-state index contributed by atoms with van der Waals surface area (Å²) in [6, 6.07) is 22.7. The highest BCUT2D eigenvalue weighted by Crippen LogP contribution is 2.32. The zero-order valence-electron chi connectivity index (χ0n) is 16.8. The number of nitrogens with zero attached hydrogens (tertiary/aromatic N) is 2. The maximum atomic E-state index is 13.2. The number of hydrogen-bond acceptors (Lipinski definition) is 4. The third-order valence-corrected chi connectivity index (χ3v) is 6.44. The number of rotatable bonds is 4. The third kappa shape index (κ3) is 3.68. The largest absolute Gasteiger partial charge is 0.338 e. The third-order valence-electron chi connectivity index (χ3n) is 5.36. The average Bonchev–Trinajstić information content (AvgIpc) is 3.13. The Balaban J connectivity index is 1.52. The highest BCUT2D eigenvalue weighted by atomic mass is 32.2. The number of imidazole rings is 1. The Morgan fingerprint density at radius 3 is 2.68 bits per heavy atom. The molecule has 0 saturated carbocycles. The van der Waals surface area contributed by atoms with Gasteiger partial charge in [0.1, 0.15) is 11.9 Å². The first kappa shape index (κ1) is 19.4. The molecule has 3 aromatic carbocycles. The van der Waals surface area contributed by atoms with E-state index in [1.807, 2.05) is 72.3 Å². The van der Waals surface area contributed by atoms with E-state index in [0.29, 0.717) is 17.0 Å². The minimum Gasteiger partial charge on any atom is -0.338 e. The van der Waals surface area contributed by atoms with Gasteiger partial charge >= 0.3 is 0 Å². The van der Waals surface area contributed by atoms with Crippen LogP contribution in [0.4, 0.5) is 5.69 Å². The minimum absolute atomic E-state index is 0.0584. The van der Waals surface area contributed by atoms with E-state index in [1.165, 1.54) is 11.8 Å². The minimum atomic E-state index is -0.425. The second-order valence-electron chi connectivity index (χ2n) is 7.38. The van der Waals surface area contributed by atoms with Crippen LogP contribution in [0, 0.1) is 0 Å². The summed E-state index contributed by atoms with van der Waals surface area (Å²) in [5, 5.41) is 5.99. The van der Waals surface area contributed by atoms with Crippen molar-refractivity contribution in [3.05, 3.63) is 89.7 Å². The first-order valence-corrected chi connectivity index (χ1v) is 10.9. The van der Waals surface area contributed by atoms with Crippen molar-refractivity contribution in [1.29, 1.82) is 0 Å². The van der Waals surface area contributed by atoms with Gasteiger partial charge in [-0.25, -0.2) is 4.98 Å². The van der Waals surface area contributed by atoms with Crippen LogP contribution in [-0.2, 0) is 11.8 Å². The van der Waals surface area contributed by atoms with Gasteiger partial charge < -0.3 is 15.2 Å². The lowest BCUT2D eigenvalue weighted by molar-refractivity contribution is -0.113. The molecule has 0 fully saturated rings. The summed E-state index contributed by atoms with van der Waals surface area (Å²) in [5.74, 6) is 0.856. The summed E-state index contributed by atoms with van der Waals surface area (Å²) >= 11 is 1.47. The molecule has 2 N–H and O–H groups in total. The number of aryl methyl sites for hydroxylation is 1. The van der Waals surface area contributed by atoms with Crippen molar-refractivity contribution in [2.75, 3.05) is 11.1 Å². The van der Waals surface area contributed by atoms with Gasteiger partial charge in [0, 0.05) is 17.5 Å². The molecule has 0 spiro atoms. The predicted molar refractivity (Wildman–Crippen MR) is 122 cm³/mol. The van der Waals surface area contributed by atoms with E-state index in [2.05, 4.69) is 10.6 Å². The number of benzene rings is 3.